The first-order chi connectivity index (χ1) is 9.81. The molecule has 1 N–H and O–H groups in total. The van der Waals surface area contributed by atoms with Crippen LogP contribution in [0.25, 0.3) is 10.6 Å². The Morgan fingerprint density at radius 2 is 2.15 bits per heavy atom. The average molecular weight is 308 g/mol. The zero-order chi connectivity index (χ0) is 13.8. The Labute approximate surface area is 126 Å². The van der Waals surface area contributed by atoms with Crippen molar-refractivity contribution in [1.82, 2.24) is 10.3 Å². The topological polar surface area (TPSA) is 24.9 Å². The van der Waals surface area contributed by atoms with E-state index < -0.39 is 0 Å². The SMILES string of the molecule is Fc1ccc(-c2nc(CNCC3CCCS3)cs2)cc1. The van der Waals surface area contributed by atoms with Gasteiger partial charge < -0.3 is 5.32 Å². The minimum atomic E-state index is -0.207. The molecule has 5 heteroatoms. The van der Waals surface area contributed by atoms with E-state index in [9.17, 15) is 4.39 Å². The van der Waals surface area contributed by atoms with Crippen LogP contribution in [0.2, 0.25) is 0 Å². The molecular weight excluding hydrogens is 291 g/mol. The van der Waals surface area contributed by atoms with Crippen LogP contribution in [-0.4, -0.2) is 22.5 Å². The van der Waals surface area contributed by atoms with E-state index in [1.54, 1.807) is 23.5 Å². The second-order valence-corrected chi connectivity index (χ2v) is 7.18. The molecule has 2 aromatic rings. The second-order valence-electron chi connectivity index (χ2n) is 4.92. The van der Waals surface area contributed by atoms with Crippen LogP contribution < -0.4 is 5.32 Å². The number of benzene rings is 1. The van der Waals surface area contributed by atoms with Crippen molar-refractivity contribution >= 4 is 23.1 Å². The van der Waals surface area contributed by atoms with Gasteiger partial charge in [-0.15, -0.1) is 11.3 Å². The van der Waals surface area contributed by atoms with E-state index >= 15 is 0 Å². The van der Waals surface area contributed by atoms with Crippen molar-refractivity contribution in [2.45, 2.75) is 24.6 Å². The van der Waals surface area contributed by atoms with E-state index in [0.717, 1.165) is 34.6 Å². The molecule has 1 atom stereocenters. The Hall–Kier alpha value is -0.910. The van der Waals surface area contributed by atoms with Crippen LogP contribution in [0.1, 0.15) is 18.5 Å². The molecule has 20 heavy (non-hydrogen) atoms. The fraction of sp³-hybridized carbons (Fsp3) is 0.400. The molecule has 1 unspecified atom stereocenters. The van der Waals surface area contributed by atoms with Gasteiger partial charge in [0.15, 0.2) is 0 Å². The van der Waals surface area contributed by atoms with Crippen LogP contribution in [0.15, 0.2) is 29.6 Å². The zero-order valence-electron chi connectivity index (χ0n) is 11.1. The molecule has 0 amide bonds. The Kier molecular flexibility index (Phi) is 4.70. The minimum Gasteiger partial charge on any atom is -0.310 e. The molecule has 0 radical (unpaired) electrons. The summed E-state index contributed by atoms with van der Waals surface area (Å²) in [6.07, 6.45) is 2.68. The first-order valence-electron chi connectivity index (χ1n) is 6.84. The molecule has 2 nitrogen and oxygen atoms in total. The van der Waals surface area contributed by atoms with E-state index in [0.29, 0.717) is 0 Å². The monoisotopic (exact) mass is 308 g/mol. The average Bonchev–Trinajstić information content (AvgIpc) is 3.11. The molecule has 3 rings (SSSR count). The van der Waals surface area contributed by atoms with Gasteiger partial charge in [0, 0.05) is 29.3 Å². The number of aromatic nitrogens is 1. The summed E-state index contributed by atoms with van der Waals surface area (Å²) in [6.45, 7) is 1.88. The lowest BCUT2D eigenvalue weighted by molar-refractivity contribution is 0.628. The summed E-state index contributed by atoms with van der Waals surface area (Å²) in [5, 5.41) is 7.28. The number of nitrogens with zero attached hydrogens (tertiary/aromatic N) is 1. The lowest BCUT2D eigenvalue weighted by Gasteiger charge is -2.08. The Bertz CT molecular complexity index is 547. The molecule has 1 saturated heterocycles. The third-order valence-electron chi connectivity index (χ3n) is 3.35. The summed E-state index contributed by atoms with van der Waals surface area (Å²) in [6, 6.07) is 6.51. The van der Waals surface area contributed by atoms with Crippen LogP contribution in [0.3, 0.4) is 0 Å². The zero-order valence-corrected chi connectivity index (χ0v) is 12.8. The quantitative estimate of drug-likeness (QED) is 0.906. The summed E-state index contributed by atoms with van der Waals surface area (Å²) in [5.74, 6) is 1.10. The van der Waals surface area contributed by atoms with Crippen molar-refractivity contribution in [2.24, 2.45) is 0 Å². The van der Waals surface area contributed by atoms with Gasteiger partial charge in [-0.3, -0.25) is 0 Å². The predicted molar refractivity (Wildman–Crippen MR) is 84.7 cm³/mol. The van der Waals surface area contributed by atoms with Crippen LogP contribution in [0.5, 0.6) is 0 Å². The smallest absolute Gasteiger partial charge is 0.123 e. The van der Waals surface area contributed by atoms with E-state index in [4.69, 9.17) is 0 Å². The molecule has 0 bridgehead atoms. The third-order valence-corrected chi connectivity index (χ3v) is 5.68. The second kappa shape index (κ2) is 6.70. The first kappa shape index (κ1) is 14.0. The van der Waals surface area contributed by atoms with Gasteiger partial charge in [0.1, 0.15) is 10.8 Å². The molecule has 0 spiro atoms. The van der Waals surface area contributed by atoms with Crippen LogP contribution in [0, 0.1) is 5.82 Å². The summed E-state index contributed by atoms with van der Waals surface area (Å²) in [7, 11) is 0. The van der Waals surface area contributed by atoms with Crippen molar-refractivity contribution in [3.8, 4) is 10.6 Å². The van der Waals surface area contributed by atoms with Gasteiger partial charge in [0.2, 0.25) is 0 Å². The number of hydrogen-bond acceptors (Lipinski definition) is 4. The van der Waals surface area contributed by atoms with Crippen molar-refractivity contribution in [3.05, 3.63) is 41.2 Å². The van der Waals surface area contributed by atoms with Gasteiger partial charge in [-0.2, -0.15) is 11.8 Å². The number of thioether (sulfide) groups is 1. The highest BCUT2D eigenvalue weighted by Crippen LogP contribution is 2.26. The standard InChI is InChI=1S/C15H17FN2S2/c16-12-5-3-11(4-6-12)15-18-13(10-20-15)8-17-9-14-2-1-7-19-14/h3-6,10,14,17H,1-2,7-9H2. The van der Waals surface area contributed by atoms with Gasteiger partial charge in [0.05, 0.1) is 5.69 Å². The van der Waals surface area contributed by atoms with E-state index in [1.807, 2.05) is 0 Å². The maximum absolute atomic E-state index is 12.9. The van der Waals surface area contributed by atoms with Crippen LogP contribution in [-0.2, 0) is 6.54 Å². The molecule has 1 aromatic carbocycles. The minimum absolute atomic E-state index is 0.207. The Balaban J connectivity index is 1.55. The Morgan fingerprint density at radius 3 is 2.90 bits per heavy atom. The molecule has 1 aliphatic rings. The molecule has 1 aliphatic heterocycles. The number of thiazole rings is 1. The van der Waals surface area contributed by atoms with Gasteiger partial charge in [0.25, 0.3) is 0 Å². The van der Waals surface area contributed by atoms with Crippen molar-refractivity contribution in [2.75, 3.05) is 12.3 Å². The summed E-state index contributed by atoms with van der Waals surface area (Å²) in [5.41, 5.74) is 2.05. The molecule has 0 saturated carbocycles. The molecule has 0 aliphatic carbocycles. The lowest BCUT2D eigenvalue weighted by Crippen LogP contribution is -2.22. The summed E-state index contributed by atoms with van der Waals surface area (Å²) >= 11 is 3.68. The van der Waals surface area contributed by atoms with Crippen LogP contribution >= 0.6 is 23.1 Å². The maximum atomic E-state index is 12.9. The predicted octanol–water partition coefficient (Wildman–Crippen LogP) is 3.93. The number of halogens is 1. The maximum Gasteiger partial charge on any atom is 0.123 e. The highest BCUT2D eigenvalue weighted by molar-refractivity contribution is 8.00. The van der Waals surface area contributed by atoms with E-state index in [1.165, 1.54) is 30.7 Å². The molecule has 106 valence electrons. The van der Waals surface area contributed by atoms with E-state index in [2.05, 4.69) is 27.4 Å². The molecule has 2 heterocycles. The van der Waals surface area contributed by atoms with Gasteiger partial charge in [-0.1, -0.05) is 0 Å². The number of rotatable bonds is 5. The highest BCUT2D eigenvalue weighted by Gasteiger charge is 2.14. The van der Waals surface area contributed by atoms with E-state index in [-0.39, 0.29) is 5.82 Å². The lowest BCUT2D eigenvalue weighted by atomic mass is 10.2. The fourth-order valence-corrected chi connectivity index (χ4v) is 4.34. The summed E-state index contributed by atoms with van der Waals surface area (Å²) < 4.78 is 12.9. The van der Waals surface area contributed by atoms with Crippen molar-refractivity contribution in [3.63, 3.8) is 0 Å². The molecule has 1 aromatic heterocycles. The third kappa shape index (κ3) is 3.59. The number of nitrogens with one attached hydrogen (secondary N) is 1. The summed E-state index contributed by atoms with van der Waals surface area (Å²) in [4.78, 5) is 4.60. The number of hydrogen-bond donors (Lipinski definition) is 1. The van der Waals surface area contributed by atoms with Gasteiger partial charge in [-0.05, 0) is 42.9 Å². The van der Waals surface area contributed by atoms with Gasteiger partial charge in [-0.25, -0.2) is 9.37 Å². The van der Waals surface area contributed by atoms with Gasteiger partial charge >= 0.3 is 0 Å². The Morgan fingerprint density at radius 1 is 1.30 bits per heavy atom. The van der Waals surface area contributed by atoms with Crippen molar-refractivity contribution in [1.29, 1.82) is 0 Å². The van der Waals surface area contributed by atoms with Crippen molar-refractivity contribution < 1.29 is 4.39 Å². The fourth-order valence-electron chi connectivity index (χ4n) is 2.28. The van der Waals surface area contributed by atoms with Crippen LogP contribution in [0.4, 0.5) is 4.39 Å². The highest BCUT2D eigenvalue weighted by atomic mass is 32.2. The normalized spacial score (nSPS) is 18.6. The first-order valence-corrected chi connectivity index (χ1v) is 8.77. The largest absolute Gasteiger partial charge is 0.310 e. The molecule has 1 fully saturated rings. The molecular formula is C15H17FN2S2.